The number of hydrogen-bond acceptors (Lipinski definition) is 8. The van der Waals surface area contributed by atoms with Crippen LogP contribution in [0.3, 0.4) is 0 Å². The number of carbonyl (C=O) groups is 1. The summed E-state index contributed by atoms with van der Waals surface area (Å²) in [4.78, 5) is 39.2. The maximum atomic E-state index is 13.4. The maximum Gasteiger partial charge on any atom is 0.337 e. The second kappa shape index (κ2) is 8.79. The fraction of sp³-hybridized carbons (Fsp3) is 0.208. The second-order valence-electron chi connectivity index (χ2n) is 7.82. The van der Waals surface area contributed by atoms with E-state index in [2.05, 4.69) is 9.97 Å². The molecule has 0 saturated heterocycles. The van der Waals surface area contributed by atoms with Crippen LogP contribution in [0.15, 0.2) is 63.2 Å². The van der Waals surface area contributed by atoms with Crippen LogP contribution >= 0.6 is 11.8 Å². The van der Waals surface area contributed by atoms with E-state index in [-0.39, 0.29) is 12.1 Å². The SMILES string of the molecule is COC(=O)c1ccc2c(=O)n(Cc3ccco3)c(SCc3cn4c(C)cc(C)nc4n3)nc2c1. The average Bonchev–Trinajstić information content (AvgIpc) is 3.48. The molecule has 0 N–H and O–H groups in total. The zero-order valence-electron chi connectivity index (χ0n) is 18.8. The maximum absolute atomic E-state index is 13.4. The summed E-state index contributed by atoms with van der Waals surface area (Å²) >= 11 is 1.39. The van der Waals surface area contributed by atoms with E-state index >= 15 is 0 Å². The number of carbonyl (C=O) groups excluding carboxylic acids is 1. The van der Waals surface area contributed by atoms with E-state index in [1.807, 2.05) is 36.6 Å². The number of rotatable bonds is 6. The van der Waals surface area contributed by atoms with Crippen LogP contribution in [0, 0.1) is 13.8 Å². The van der Waals surface area contributed by atoms with Crippen LogP contribution in [0.25, 0.3) is 16.7 Å². The predicted molar refractivity (Wildman–Crippen MR) is 127 cm³/mol. The third-order valence-electron chi connectivity index (χ3n) is 5.40. The number of furan rings is 1. The number of aryl methyl sites for hydroxylation is 2. The molecule has 0 radical (unpaired) electrons. The molecule has 10 heteroatoms. The third-order valence-corrected chi connectivity index (χ3v) is 6.41. The molecular formula is C24H21N5O4S. The zero-order chi connectivity index (χ0) is 23.8. The van der Waals surface area contributed by atoms with Crippen LogP contribution in [0.2, 0.25) is 0 Å². The topological polar surface area (TPSA) is 105 Å². The Bertz CT molecular complexity index is 1590. The number of esters is 1. The first-order valence-corrected chi connectivity index (χ1v) is 11.5. The van der Waals surface area contributed by atoms with Crippen LogP contribution in [0.4, 0.5) is 0 Å². The number of hydrogen-bond donors (Lipinski definition) is 0. The molecule has 0 unspecified atom stereocenters. The number of thioether (sulfide) groups is 1. The van der Waals surface area contributed by atoms with Crippen molar-refractivity contribution in [1.29, 1.82) is 0 Å². The number of benzene rings is 1. The van der Waals surface area contributed by atoms with Crippen molar-refractivity contribution in [3.05, 3.63) is 87.6 Å². The van der Waals surface area contributed by atoms with Gasteiger partial charge in [-0.15, -0.1) is 0 Å². The van der Waals surface area contributed by atoms with E-state index < -0.39 is 5.97 Å². The van der Waals surface area contributed by atoms with Crippen molar-refractivity contribution in [1.82, 2.24) is 23.9 Å². The Morgan fingerprint density at radius 1 is 1.15 bits per heavy atom. The van der Waals surface area contributed by atoms with E-state index in [4.69, 9.17) is 14.1 Å². The molecule has 0 fully saturated rings. The van der Waals surface area contributed by atoms with Gasteiger partial charge in [-0.25, -0.2) is 19.7 Å². The van der Waals surface area contributed by atoms with Gasteiger partial charge in [0.25, 0.3) is 5.56 Å². The summed E-state index contributed by atoms with van der Waals surface area (Å²) in [5.74, 6) is 1.27. The van der Waals surface area contributed by atoms with Gasteiger partial charge in [0, 0.05) is 23.3 Å². The molecule has 5 rings (SSSR count). The van der Waals surface area contributed by atoms with Crippen molar-refractivity contribution in [2.45, 2.75) is 31.3 Å². The van der Waals surface area contributed by atoms with Crippen molar-refractivity contribution in [2.75, 3.05) is 7.11 Å². The fourth-order valence-corrected chi connectivity index (χ4v) is 4.66. The molecule has 1 aromatic carbocycles. The zero-order valence-corrected chi connectivity index (χ0v) is 19.6. The van der Waals surface area contributed by atoms with E-state index in [1.54, 1.807) is 35.1 Å². The normalized spacial score (nSPS) is 11.4. The molecule has 5 aromatic rings. The summed E-state index contributed by atoms with van der Waals surface area (Å²) in [6.07, 6.45) is 3.51. The lowest BCUT2D eigenvalue weighted by molar-refractivity contribution is 0.0601. The van der Waals surface area contributed by atoms with E-state index in [0.717, 1.165) is 17.1 Å². The summed E-state index contributed by atoms with van der Waals surface area (Å²) < 4.78 is 13.8. The van der Waals surface area contributed by atoms with Gasteiger partial charge >= 0.3 is 5.97 Å². The minimum atomic E-state index is -0.486. The highest BCUT2D eigenvalue weighted by Gasteiger charge is 2.16. The predicted octanol–water partition coefficient (Wildman–Crippen LogP) is 3.78. The fourth-order valence-electron chi connectivity index (χ4n) is 3.78. The van der Waals surface area contributed by atoms with Gasteiger partial charge in [0.05, 0.1) is 42.1 Å². The molecule has 0 aliphatic carbocycles. The monoisotopic (exact) mass is 475 g/mol. The Kier molecular flexibility index (Phi) is 5.66. The Labute approximate surface area is 198 Å². The molecule has 0 amide bonds. The molecule has 172 valence electrons. The molecule has 4 aromatic heterocycles. The van der Waals surface area contributed by atoms with Crippen LogP contribution in [0.1, 0.15) is 33.2 Å². The summed E-state index contributed by atoms with van der Waals surface area (Å²) in [5.41, 5.74) is 3.30. The molecule has 0 aliphatic heterocycles. The van der Waals surface area contributed by atoms with Gasteiger partial charge in [-0.1, -0.05) is 11.8 Å². The van der Waals surface area contributed by atoms with E-state index in [1.165, 1.54) is 18.9 Å². The Hall–Kier alpha value is -3.92. The number of fused-ring (bicyclic) bond motifs is 2. The van der Waals surface area contributed by atoms with Gasteiger partial charge in [-0.2, -0.15) is 0 Å². The van der Waals surface area contributed by atoms with Crippen molar-refractivity contribution in [2.24, 2.45) is 0 Å². The molecule has 34 heavy (non-hydrogen) atoms. The summed E-state index contributed by atoms with van der Waals surface area (Å²) in [6, 6.07) is 10.3. The Balaban J connectivity index is 1.56. The molecule has 4 heterocycles. The average molecular weight is 476 g/mol. The summed E-state index contributed by atoms with van der Waals surface area (Å²) in [7, 11) is 1.31. The lowest BCUT2D eigenvalue weighted by atomic mass is 10.1. The van der Waals surface area contributed by atoms with Crippen molar-refractivity contribution < 1.29 is 13.9 Å². The minimum Gasteiger partial charge on any atom is -0.467 e. The number of methoxy groups -OCH3 is 1. The molecule has 0 bridgehead atoms. The van der Waals surface area contributed by atoms with Gasteiger partial charge in [-0.05, 0) is 50.2 Å². The summed E-state index contributed by atoms with van der Waals surface area (Å²) in [5, 5.41) is 0.903. The molecule has 0 saturated carbocycles. The van der Waals surface area contributed by atoms with Crippen LogP contribution in [-0.4, -0.2) is 37.0 Å². The largest absolute Gasteiger partial charge is 0.467 e. The third kappa shape index (κ3) is 4.08. The number of imidazole rings is 1. The lowest BCUT2D eigenvalue weighted by Crippen LogP contribution is -2.24. The molecule has 9 nitrogen and oxygen atoms in total. The quantitative estimate of drug-likeness (QED) is 0.208. The first kappa shape index (κ1) is 21.9. The highest BCUT2D eigenvalue weighted by molar-refractivity contribution is 7.98. The second-order valence-corrected chi connectivity index (χ2v) is 8.76. The highest BCUT2D eigenvalue weighted by atomic mass is 32.2. The molecule has 0 spiro atoms. The van der Waals surface area contributed by atoms with Gasteiger partial charge in [-0.3, -0.25) is 13.8 Å². The van der Waals surface area contributed by atoms with Crippen LogP contribution in [0.5, 0.6) is 0 Å². The van der Waals surface area contributed by atoms with Crippen LogP contribution < -0.4 is 5.56 Å². The standard InChI is InChI=1S/C24H21N5O4S/c1-14-9-15(2)28-11-17(26-23(28)25-14)13-34-24-27-20-10-16(22(31)32-3)6-7-19(20)21(30)29(24)12-18-5-4-8-33-18/h4-11H,12-13H2,1-3H3. The smallest absolute Gasteiger partial charge is 0.337 e. The van der Waals surface area contributed by atoms with Crippen LogP contribution in [-0.2, 0) is 17.0 Å². The first-order valence-electron chi connectivity index (χ1n) is 10.5. The number of aromatic nitrogens is 5. The Morgan fingerprint density at radius 3 is 2.76 bits per heavy atom. The van der Waals surface area contributed by atoms with E-state index in [0.29, 0.717) is 38.9 Å². The molecule has 0 aliphatic rings. The summed E-state index contributed by atoms with van der Waals surface area (Å²) in [6.45, 7) is 4.18. The van der Waals surface area contributed by atoms with Gasteiger partial charge in [0.15, 0.2) is 5.16 Å². The minimum absolute atomic E-state index is 0.219. The first-order chi connectivity index (χ1) is 16.4. The van der Waals surface area contributed by atoms with Crippen molar-refractivity contribution in [3.63, 3.8) is 0 Å². The molecular weight excluding hydrogens is 454 g/mol. The van der Waals surface area contributed by atoms with Crippen molar-refractivity contribution in [3.8, 4) is 0 Å². The van der Waals surface area contributed by atoms with Crippen molar-refractivity contribution >= 4 is 34.4 Å². The Morgan fingerprint density at radius 2 is 2.00 bits per heavy atom. The van der Waals surface area contributed by atoms with Gasteiger partial charge in [0.2, 0.25) is 5.78 Å². The molecule has 0 atom stereocenters. The van der Waals surface area contributed by atoms with E-state index in [9.17, 15) is 9.59 Å². The number of nitrogens with zero attached hydrogens (tertiary/aromatic N) is 5. The lowest BCUT2D eigenvalue weighted by Gasteiger charge is -2.12. The number of ether oxygens (including phenoxy) is 1. The van der Waals surface area contributed by atoms with Gasteiger partial charge in [0.1, 0.15) is 5.76 Å². The highest BCUT2D eigenvalue weighted by Crippen LogP contribution is 2.24. The van der Waals surface area contributed by atoms with Gasteiger partial charge < -0.3 is 9.15 Å².